The molecular formula is C34H49F3N4S. The van der Waals surface area contributed by atoms with Gasteiger partial charge >= 0.3 is 0 Å². The van der Waals surface area contributed by atoms with E-state index in [1.54, 1.807) is 20.2 Å². The van der Waals surface area contributed by atoms with E-state index in [-0.39, 0.29) is 12.1 Å². The van der Waals surface area contributed by atoms with Crippen molar-refractivity contribution >= 4 is 24.1 Å². The van der Waals surface area contributed by atoms with Gasteiger partial charge in [-0.15, -0.1) is 26.3 Å². The number of hydrogen-bond donors (Lipinski definition) is 1. The molecule has 1 aromatic heterocycles. The summed E-state index contributed by atoms with van der Waals surface area (Å²) >= 11 is 0.194. The van der Waals surface area contributed by atoms with Crippen molar-refractivity contribution in [1.82, 2.24) is 10.3 Å². The average molecular weight is 603 g/mol. The lowest BCUT2D eigenvalue weighted by Gasteiger charge is -2.18. The summed E-state index contributed by atoms with van der Waals surface area (Å²) in [6.07, 6.45) is 12.8. The maximum atomic E-state index is 13.3. The van der Waals surface area contributed by atoms with Crippen molar-refractivity contribution in [1.29, 1.82) is 0 Å². The van der Waals surface area contributed by atoms with Crippen LogP contribution in [0.5, 0.6) is 0 Å². The molecule has 0 amide bonds. The van der Waals surface area contributed by atoms with Gasteiger partial charge in [0.15, 0.2) is 11.6 Å². The molecule has 4 nitrogen and oxygen atoms in total. The molecule has 0 aliphatic rings. The normalized spacial score (nSPS) is 12.5. The van der Waals surface area contributed by atoms with E-state index in [0.29, 0.717) is 23.1 Å². The third kappa shape index (κ3) is 18.1. The minimum absolute atomic E-state index is 0.194. The Kier molecular flexibility index (Phi) is 25.7. The van der Waals surface area contributed by atoms with Crippen LogP contribution in [0.2, 0.25) is 0 Å². The molecule has 1 aromatic carbocycles. The van der Waals surface area contributed by atoms with Gasteiger partial charge in [-0.2, -0.15) is 3.89 Å². The van der Waals surface area contributed by atoms with E-state index >= 15 is 0 Å². The monoisotopic (exact) mass is 602 g/mol. The molecule has 0 saturated carbocycles. The number of aromatic nitrogens is 1. The lowest BCUT2D eigenvalue weighted by Crippen LogP contribution is -2.17. The highest BCUT2D eigenvalue weighted by Crippen LogP contribution is 2.24. The molecule has 0 fully saturated rings. The molecular weight excluding hydrogens is 553 g/mol. The fourth-order valence-corrected chi connectivity index (χ4v) is 3.94. The number of aryl methyl sites for hydroxylation is 1. The zero-order valence-corrected chi connectivity index (χ0v) is 27.0. The SMILES string of the molecule is C=C.C=C.CCCCC(CCC)C(/C=C(\C)NCc1cccnc1)=N/C(C)=C(/C=NC)SF.Cc1ccc(F)c(F)c1. The second-order valence-electron chi connectivity index (χ2n) is 9.04. The molecule has 0 saturated heterocycles. The predicted octanol–water partition coefficient (Wildman–Crippen LogP) is 10.5. The number of halogens is 3. The number of aliphatic imine (C=N–C) groups is 2. The zero-order valence-electron chi connectivity index (χ0n) is 26.2. The molecule has 8 heteroatoms. The first-order valence-electron chi connectivity index (χ1n) is 14.0. The molecule has 1 N–H and O–H groups in total. The summed E-state index contributed by atoms with van der Waals surface area (Å²) in [6, 6.07) is 7.79. The van der Waals surface area contributed by atoms with Gasteiger partial charge < -0.3 is 5.32 Å². The van der Waals surface area contributed by atoms with Crippen LogP contribution in [0.1, 0.15) is 70.9 Å². The van der Waals surface area contributed by atoms with Crippen LogP contribution >= 0.6 is 12.1 Å². The predicted molar refractivity (Wildman–Crippen MR) is 180 cm³/mol. The van der Waals surface area contributed by atoms with Gasteiger partial charge in [0, 0.05) is 49.5 Å². The van der Waals surface area contributed by atoms with E-state index in [2.05, 4.69) is 61.5 Å². The standard InChI is InChI=1S/C23H35FN4S.C7H6F2.2C2H4/c1-6-8-12-21(10-7-2)22(28-19(4)23(29-24)17-25-5)14-18(3)27-16-20-11-9-13-26-15-20;1-5-2-3-6(8)7(9)4-5;2*1-2/h9,11,13-15,17,21,27H,6-8,10,12,16H2,1-5H3;2-4H,1H3;2*1-2H2/b18-14+,23-19-,25-17?,28-22+;;;. The van der Waals surface area contributed by atoms with Gasteiger partial charge in [-0.3, -0.25) is 15.0 Å². The molecule has 42 heavy (non-hydrogen) atoms. The lowest BCUT2D eigenvalue weighted by atomic mass is 9.91. The average Bonchev–Trinajstić information content (AvgIpc) is 3.01. The van der Waals surface area contributed by atoms with Gasteiger partial charge in [-0.1, -0.05) is 45.2 Å². The minimum Gasteiger partial charge on any atom is -0.384 e. The van der Waals surface area contributed by atoms with E-state index in [9.17, 15) is 12.7 Å². The Balaban J connectivity index is 0. The molecule has 0 aliphatic carbocycles. The van der Waals surface area contributed by atoms with Crippen molar-refractivity contribution in [3.8, 4) is 0 Å². The molecule has 1 heterocycles. The van der Waals surface area contributed by atoms with Crippen molar-refractivity contribution in [2.75, 3.05) is 7.05 Å². The Morgan fingerprint density at radius 2 is 1.74 bits per heavy atom. The largest absolute Gasteiger partial charge is 0.384 e. The topological polar surface area (TPSA) is 49.6 Å². The maximum absolute atomic E-state index is 13.3. The number of unbranched alkanes of at least 4 members (excludes halogenated alkanes) is 1. The van der Waals surface area contributed by atoms with Gasteiger partial charge in [0.1, 0.15) is 0 Å². The highest BCUT2D eigenvalue weighted by atomic mass is 32.2. The number of allylic oxidation sites excluding steroid dienone is 4. The molecule has 1 atom stereocenters. The van der Waals surface area contributed by atoms with Crippen molar-refractivity contribution in [2.45, 2.75) is 73.3 Å². The third-order valence-corrected chi connectivity index (χ3v) is 6.25. The summed E-state index contributed by atoms with van der Waals surface area (Å²) in [5.41, 5.74) is 4.56. The van der Waals surface area contributed by atoms with Crippen LogP contribution in [0.15, 0.2) is 101 Å². The van der Waals surface area contributed by atoms with Gasteiger partial charge in [0.25, 0.3) is 0 Å². The van der Waals surface area contributed by atoms with Crippen molar-refractivity contribution in [3.05, 3.63) is 114 Å². The molecule has 0 spiro atoms. The smallest absolute Gasteiger partial charge is 0.159 e. The van der Waals surface area contributed by atoms with Crippen LogP contribution in [0.4, 0.5) is 12.7 Å². The number of hydrogen-bond acceptors (Lipinski definition) is 5. The van der Waals surface area contributed by atoms with Gasteiger partial charge in [-0.05, 0) is 69.0 Å². The number of nitrogens with zero attached hydrogens (tertiary/aromatic N) is 3. The highest BCUT2D eigenvalue weighted by Gasteiger charge is 2.15. The second kappa shape index (κ2) is 26.5. The van der Waals surface area contributed by atoms with Crippen LogP contribution in [0, 0.1) is 24.5 Å². The summed E-state index contributed by atoms with van der Waals surface area (Å²) in [5, 5.41) is 3.44. The summed E-state index contributed by atoms with van der Waals surface area (Å²) in [6.45, 7) is 22.7. The Morgan fingerprint density at radius 3 is 2.24 bits per heavy atom. The third-order valence-electron chi connectivity index (χ3n) is 5.68. The van der Waals surface area contributed by atoms with Gasteiger partial charge in [0.05, 0.1) is 22.8 Å². The fourth-order valence-electron chi connectivity index (χ4n) is 3.63. The second-order valence-corrected chi connectivity index (χ2v) is 9.63. The molecule has 1 unspecified atom stereocenters. The van der Waals surface area contributed by atoms with Crippen molar-refractivity contribution in [2.24, 2.45) is 15.9 Å². The zero-order chi connectivity index (χ0) is 32.3. The lowest BCUT2D eigenvalue weighted by molar-refractivity contribution is 0.508. The highest BCUT2D eigenvalue weighted by molar-refractivity contribution is 7.99. The Labute approximate surface area is 257 Å². The van der Waals surface area contributed by atoms with E-state index in [0.717, 1.165) is 66.8 Å². The Morgan fingerprint density at radius 1 is 1.05 bits per heavy atom. The minimum atomic E-state index is -0.791. The number of rotatable bonds is 13. The summed E-state index contributed by atoms with van der Waals surface area (Å²) < 4.78 is 37.7. The van der Waals surface area contributed by atoms with Crippen LogP contribution in [-0.2, 0) is 6.54 Å². The number of pyridine rings is 1. The quantitative estimate of drug-likeness (QED) is 0.183. The van der Waals surface area contributed by atoms with Crippen LogP contribution in [0.3, 0.4) is 0 Å². The molecule has 232 valence electrons. The van der Waals surface area contributed by atoms with Gasteiger partial charge in [-0.25, -0.2) is 8.78 Å². The molecule has 0 radical (unpaired) electrons. The van der Waals surface area contributed by atoms with Crippen LogP contribution in [0.25, 0.3) is 0 Å². The first kappa shape index (κ1) is 40.7. The first-order valence-corrected chi connectivity index (χ1v) is 14.7. The van der Waals surface area contributed by atoms with E-state index in [1.165, 1.54) is 12.3 Å². The molecule has 0 bridgehead atoms. The summed E-state index contributed by atoms with van der Waals surface area (Å²) in [5.74, 6) is -1.22. The fraction of sp³-hybridized carbons (Fsp3) is 0.382. The van der Waals surface area contributed by atoms with Crippen LogP contribution in [-0.4, -0.2) is 24.0 Å². The number of benzene rings is 1. The molecule has 2 aromatic rings. The maximum Gasteiger partial charge on any atom is 0.159 e. The van der Waals surface area contributed by atoms with E-state index in [1.807, 2.05) is 32.2 Å². The Hall–Kier alpha value is -3.39. The summed E-state index contributed by atoms with van der Waals surface area (Å²) in [7, 11) is 1.64. The molecule has 2 rings (SSSR count). The molecule has 0 aliphatic heterocycles. The van der Waals surface area contributed by atoms with Crippen LogP contribution < -0.4 is 5.32 Å². The van der Waals surface area contributed by atoms with E-state index in [4.69, 9.17) is 4.99 Å². The van der Waals surface area contributed by atoms with Crippen molar-refractivity contribution < 1.29 is 12.7 Å². The Bertz CT molecular complexity index is 1110. The van der Waals surface area contributed by atoms with Crippen molar-refractivity contribution in [3.63, 3.8) is 0 Å². The summed E-state index contributed by atoms with van der Waals surface area (Å²) in [4.78, 5) is 13.4. The van der Waals surface area contributed by atoms with Gasteiger partial charge in [0.2, 0.25) is 0 Å². The van der Waals surface area contributed by atoms with E-state index < -0.39 is 11.6 Å². The first-order chi connectivity index (χ1) is 20.2. The number of nitrogens with one attached hydrogen (secondary N) is 1.